The quantitative estimate of drug-likeness (QED) is 0.789. The minimum absolute atomic E-state index is 0.295. The van der Waals surface area contributed by atoms with Crippen molar-refractivity contribution in [1.29, 1.82) is 0 Å². The van der Waals surface area contributed by atoms with Gasteiger partial charge in [-0.25, -0.2) is 0 Å². The summed E-state index contributed by atoms with van der Waals surface area (Å²) in [6, 6.07) is 5.97. The number of ether oxygens (including phenoxy) is 2. The Hall–Kier alpha value is -1.60. The van der Waals surface area contributed by atoms with E-state index in [-0.39, 0.29) is 0 Å². The van der Waals surface area contributed by atoms with Gasteiger partial charge in [0, 0.05) is 12.4 Å². The van der Waals surface area contributed by atoms with E-state index in [1.54, 1.807) is 23.6 Å². The standard InChI is InChI=1S/C15H20N4O2S/c1-11-6-7-14(20-2)13(9-11)19-15(16-17-18-19)22-10-12-5-3-4-8-21-12/h6-7,9,12H,3-5,8,10H2,1-2H3/t12-/m1/s1. The van der Waals surface area contributed by atoms with Crippen molar-refractivity contribution in [3.63, 3.8) is 0 Å². The number of aromatic nitrogens is 4. The monoisotopic (exact) mass is 320 g/mol. The topological polar surface area (TPSA) is 62.1 Å². The molecule has 0 amide bonds. The van der Waals surface area contributed by atoms with Gasteiger partial charge in [-0.2, -0.15) is 4.68 Å². The molecule has 1 aliphatic heterocycles. The first-order valence-corrected chi connectivity index (χ1v) is 8.44. The molecule has 2 aromatic rings. The third kappa shape index (κ3) is 3.41. The summed E-state index contributed by atoms with van der Waals surface area (Å²) in [5, 5.41) is 12.8. The second-order valence-corrected chi connectivity index (χ2v) is 6.34. The Bertz CT molecular complexity index is 626. The number of hydrogen-bond donors (Lipinski definition) is 0. The van der Waals surface area contributed by atoms with Crippen molar-refractivity contribution in [2.24, 2.45) is 0 Å². The molecule has 7 heteroatoms. The highest BCUT2D eigenvalue weighted by atomic mass is 32.2. The molecule has 0 saturated carbocycles. The number of hydrogen-bond acceptors (Lipinski definition) is 6. The van der Waals surface area contributed by atoms with Crippen LogP contribution >= 0.6 is 11.8 Å². The van der Waals surface area contributed by atoms with Crippen LogP contribution < -0.4 is 4.74 Å². The van der Waals surface area contributed by atoms with Gasteiger partial charge >= 0.3 is 0 Å². The lowest BCUT2D eigenvalue weighted by molar-refractivity contribution is 0.0315. The molecule has 0 spiro atoms. The number of thioether (sulfide) groups is 1. The Labute approximate surface area is 134 Å². The molecule has 1 aromatic carbocycles. The van der Waals surface area contributed by atoms with Crippen molar-refractivity contribution in [1.82, 2.24) is 20.2 Å². The van der Waals surface area contributed by atoms with Gasteiger partial charge in [-0.3, -0.25) is 0 Å². The predicted octanol–water partition coefficient (Wildman–Crippen LogP) is 2.64. The van der Waals surface area contributed by atoms with Crippen LogP contribution in [0.1, 0.15) is 24.8 Å². The molecule has 3 rings (SSSR count). The van der Waals surface area contributed by atoms with Crippen molar-refractivity contribution in [3.8, 4) is 11.4 Å². The molecular formula is C15H20N4O2S. The number of rotatable bonds is 5. The summed E-state index contributed by atoms with van der Waals surface area (Å²) >= 11 is 1.63. The van der Waals surface area contributed by atoms with Gasteiger partial charge in [-0.15, -0.1) is 5.10 Å². The molecule has 1 aliphatic rings. The van der Waals surface area contributed by atoms with Gasteiger partial charge in [0.25, 0.3) is 0 Å². The maximum absolute atomic E-state index is 5.76. The lowest BCUT2D eigenvalue weighted by Crippen LogP contribution is -2.21. The third-order valence-electron chi connectivity index (χ3n) is 3.68. The molecule has 1 atom stereocenters. The molecule has 0 unspecified atom stereocenters. The van der Waals surface area contributed by atoms with E-state index in [0.717, 1.165) is 40.9 Å². The summed E-state index contributed by atoms with van der Waals surface area (Å²) in [6.07, 6.45) is 3.81. The highest BCUT2D eigenvalue weighted by Crippen LogP contribution is 2.28. The zero-order valence-electron chi connectivity index (χ0n) is 12.9. The zero-order valence-corrected chi connectivity index (χ0v) is 13.7. The van der Waals surface area contributed by atoms with E-state index in [9.17, 15) is 0 Å². The molecule has 0 bridgehead atoms. The maximum atomic E-state index is 5.76. The fourth-order valence-corrected chi connectivity index (χ4v) is 3.44. The van der Waals surface area contributed by atoms with Crippen LogP contribution in [-0.2, 0) is 4.74 Å². The Morgan fingerprint density at radius 3 is 3.09 bits per heavy atom. The number of aryl methyl sites for hydroxylation is 1. The second kappa shape index (κ2) is 7.11. The normalized spacial score (nSPS) is 18.4. The summed E-state index contributed by atoms with van der Waals surface area (Å²) in [5.74, 6) is 1.63. The van der Waals surface area contributed by atoms with Crippen LogP contribution in [-0.4, -0.2) is 45.8 Å². The first kappa shape index (κ1) is 15.3. The molecule has 1 aromatic heterocycles. The predicted molar refractivity (Wildman–Crippen MR) is 84.8 cm³/mol. The van der Waals surface area contributed by atoms with Gasteiger partial charge in [0.1, 0.15) is 11.4 Å². The molecule has 22 heavy (non-hydrogen) atoms. The van der Waals surface area contributed by atoms with Gasteiger partial charge in [-0.1, -0.05) is 17.8 Å². The number of nitrogens with zero attached hydrogens (tertiary/aromatic N) is 4. The van der Waals surface area contributed by atoms with Crippen LogP contribution in [0.4, 0.5) is 0 Å². The summed E-state index contributed by atoms with van der Waals surface area (Å²) in [6.45, 7) is 2.90. The number of benzene rings is 1. The zero-order chi connectivity index (χ0) is 15.4. The van der Waals surface area contributed by atoms with Gasteiger partial charge in [0.05, 0.1) is 13.2 Å². The average Bonchev–Trinajstić information content (AvgIpc) is 3.02. The van der Waals surface area contributed by atoms with Crippen molar-refractivity contribution >= 4 is 11.8 Å². The maximum Gasteiger partial charge on any atom is 0.214 e. The van der Waals surface area contributed by atoms with Crippen molar-refractivity contribution < 1.29 is 9.47 Å². The number of tetrazole rings is 1. The molecule has 118 valence electrons. The summed E-state index contributed by atoms with van der Waals surface area (Å²) in [4.78, 5) is 0. The van der Waals surface area contributed by atoms with E-state index in [1.165, 1.54) is 12.8 Å². The Morgan fingerprint density at radius 1 is 1.41 bits per heavy atom. The van der Waals surface area contributed by atoms with E-state index < -0.39 is 0 Å². The molecule has 2 heterocycles. The molecule has 1 fully saturated rings. The molecule has 0 aliphatic carbocycles. The molecule has 6 nitrogen and oxygen atoms in total. The van der Waals surface area contributed by atoms with Gasteiger partial charge in [-0.05, 0) is 54.3 Å². The minimum atomic E-state index is 0.295. The van der Waals surface area contributed by atoms with Gasteiger partial charge in [0.2, 0.25) is 5.16 Å². The fourth-order valence-electron chi connectivity index (χ4n) is 2.49. The smallest absolute Gasteiger partial charge is 0.214 e. The highest BCUT2D eigenvalue weighted by Gasteiger charge is 2.18. The SMILES string of the molecule is COc1ccc(C)cc1-n1nnnc1SC[C@H]1CCCCO1. The Morgan fingerprint density at radius 2 is 2.32 bits per heavy atom. The summed E-state index contributed by atoms with van der Waals surface area (Å²) in [7, 11) is 1.65. The van der Waals surface area contributed by atoms with E-state index in [0.29, 0.717) is 6.10 Å². The van der Waals surface area contributed by atoms with Crippen LogP contribution in [0.25, 0.3) is 5.69 Å². The van der Waals surface area contributed by atoms with Crippen LogP contribution in [0.3, 0.4) is 0 Å². The van der Waals surface area contributed by atoms with E-state index in [4.69, 9.17) is 9.47 Å². The third-order valence-corrected chi connectivity index (χ3v) is 4.73. The van der Waals surface area contributed by atoms with Crippen molar-refractivity contribution in [2.45, 2.75) is 37.4 Å². The Balaban J connectivity index is 1.78. The van der Waals surface area contributed by atoms with Crippen LogP contribution in [0.2, 0.25) is 0 Å². The molecule has 1 saturated heterocycles. The first-order valence-electron chi connectivity index (χ1n) is 7.45. The molecule has 0 radical (unpaired) electrons. The van der Waals surface area contributed by atoms with Crippen LogP contribution in [0.5, 0.6) is 5.75 Å². The van der Waals surface area contributed by atoms with E-state index in [1.807, 2.05) is 25.1 Å². The lowest BCUT2D eigenvalue weighted by atomic mass is 10.1. The largest absolute Gasteiger partial charge is 0.494 e. The lowest BCUT2D eigenvalue weighted by Gasteiger charge is -2.21. The average molecular weight is 320 g/mol. The van der Waals surface area contributed by atoms with E-state index >= 15 is 0 Å². The Kier molecular flexibility index (Phi) is 4.94. The summed E-state index contributed by atoms with van der Waals surface area (Å²) < 4.78 is 12.9. The minimum Gasteiger partial charge on any atom is -0.494 e. The van der Waals surface area contributed by atoms with Gasteiger partial charge < -0.3 is 9.47 Å². The van der Waals surface area contributed by atoms with Gasteiger partial charge in [0.15, 0.2) is 0 Å². The second-order valence-electron chi connectivity index (χ2n) is 5.35. The number of methoxy groups -OCH3 is 1. The first-order chi connectivity index (χ1) is 10.8. The van der Waals surface area contributed by atoms with Crippen LogP contribution in [0, 0.1) is 6.92 Å². The molecule has 0 N–H and O–H groups in total. The fraction of sp³-hybridized carbons (Fsp3) is 0.533. The highest BCUT2D eigenvalue weighted by molar-refractivity contribution is 7.99. The van der Waals surface area contributed by atoms with Crippen LogP contribution in [0.15, 0.2) is 23.4 Å². The molecular weight excluding hydrogens is 300 g/mol. The van der Waals surface area contributed by atoms with E-state index in [2.05, 4.69) is 15.5 Å². The summed E-state index contributed by atoms with van der Waals surface area (Å²) in [5.41, 5.74) is 2.00. The van der Waals surface area contributed by atoms with Crippen molar-refractivity contribution in [3.05, 3.63) is 23.8 Å². The van der Waals surface area contributed by atoms with Crippen molar-refractivity contribution in [2.75, 3.05) is 19.5 Å².